The average Bonchev–Trinajstić information content (AvgIpc) is 2.20. The van der Waals surface area contributed by atoms with E-state index in [4.69, 9.17) is 10.8 Å². The van der Waals surface area contributed by atoms with Crippen molar-refractivity contribution in [3.8, 4) is 0 Å². The molecule has 0 fully saturated rings. The maximum absolute atomic E-state index is 8.65. The SMILES string of the molecule is Cc1cc(CN)cnc1SCCCO. The van der Waals surface area contributed by atoms with Crippen LogP contribution in [-0.4, -0.2) is 22.5 Å². The summed E-state index contributed by atoms with van der Waals surface area (Å²) in [7, 11) is 0. The topological polar surface area (TPSA) is 59.1 Å². The van der Waals surface area contributed by atoms with Crippen LogP contribution in [0.5, 0.6) is 0 Å². The van der Waals surface area contributed by atoms with Gasteiger partial charge in [-0.3, -0.25) is 0 Å². The molecule has 0 radical (unpaired) electrons. The molecule has 1 heterocycles. The molecular formula is C10H16N2OS. The number of nitrogens with zero attached hydrogens (tertiary/aromatic N) is 1. The van der Waals surface area contributed by atoms with Crippen LogP contribution in [0.25, 0.3) is 0 Å². The van der Waals surface area contributed by atoms with Crippen LogP contribution in [0.4, 0.5) is 0 Å². The highest BCUT2D eigenvalue weighted by Gasteiger charge is 2.01. The first kappa shape index (κ1) is 11.5. The van der Waals surface area contributed by atoms with Gasteiger partial charge in [0.25, 0.3) is 0 Å². The Morgan fingerprint density at radius 3 is 2.93 bits per heavy atom. The van der Waals surface area contributed by atoms with E-state index in [1.807, 2.05) is 13.1 Å². The molecule has 0 spiro atoms. The van der Waals surface area contributed by atoms with Crippen molar-refractivity contribution in [2.75, 3.05) is 12.4 Å². The predicted molar refractivity (Wildman–Crippen MR) is 59.3 cm³/mol. The molecule has 0 atom stereocenters. The van der Waals surface area contributed by atoms with Crippen molar-refractivity contribution in [3.05, 3.63) is 23.4 Å². The number of aliphatic hydroxyl groups is 1. The van der Waals surface area contributed by atoms with E-state index in [0.29, 0.717) is 6.54 Å². The molecule has 0 aliphatic heterocycles. The van der Waals surface area contributed by atoms with Gasteiger partial charge in [0.15, 0.2) is 0 Å². The van der Waals surface area contributed by atoms with Gasteiger partial charge in [-0.1, -0.05) is 6.07 Å². The van der Waals surface area contributed by atoms with E-state index in [0.717, 1.165) is 28.3 Å². The standard InChI is InChI=1S/C10H16N2OS/c1-8-5-9(6-11)7-12-10(8)14-4-2-3-13/h5,7,13H,2-4,6,11H2,1H3. The van der Waals surface area contributed by atoms with E-state index >= 15 is 0 Å². The lowest BCUT2D eigenvalue weighted by Crippen LogP contribution is -1.99. The van der Waals surface area contributed by atoms with Crippen molar-refractivity contribution in [1.82, 2.24) is 4.98 Å². The number of pyridine rings is 1. The van der Waals surface area contributed by atoms with Crippen LogP contribution in [-0.2, 0) is 6.54 Å². The maximum atomic E-state index is 8.65. The number of thioether (sulfide) groups is 1. The molecule has 3 N–H and O–H groups in total. The highest BCUT2D eigenvalue weighted by atomic mass is 32.2. The molecule has 1 rings (SSSR count). The monoisotopic (exact) mass is 212 g/mol. The van der Waals surface area contributed by atoms with Gasteiger partial charge in [0.2, 0.25) is 0 Å². The van der Waals surface area contributed by atoms with Crippen molar-refractivity contribution in [2.45, 2.75) is 24.9 Å². The fourth-order valence-electron chi connectivity index (χ4n) is 1.12. The van der Waals surface area contributed by atoms with Crippen LogP contribution in [0.3, 0.4) is 0 Å². The molecule has 0 amide bonds. The maximum Gasteiger partial charge on any atom is 0.0989 e. The Kier molecular flexibility index (Phi) is 4.93. The molecule has 0 aromatic carbocycles. The Labute approximate surface area is 88.7 Å². The smallest absolute Gasteiger partial charge is 0.0989 e. The fraction of sp³-hybridized carbons (Fsp3) is 0.500. The summed E-state index contributed by atoms with van der Waals surface area (Å²) in [5, 5.41) is 9.68. The number of aliphatic hydroxyl groups excluding tert-OH is 1. The summed E-state index contributed by atoms with van der Waals surface area (Å²) in [5.74, 6) is 0.909. The zero-order chi connectivity index (χ0) is 10.4. The number of aryl methyl sites for hydroxylation is 1. The largest absolute Gasteiger partial charge is 0.396 e. The van der Waals surface area contributed by atoms with Crippen molar-refractivity contribution in [3.63, 3.8) is 0 Å². The van der Waals surface area contributed by atoms with Gasteiger partial charge < -0.3 is 10.8 Å². The van der Waals surface area contributed by atoms with E-state index in [9.17, 15) is 0 Å². The normalized spacial score (nSPS) is 10.5. The molecule has 1 aromatic heterocycles. The minimum Gasteiger partial charge on any atom is -0.396 e. The number of rotatable bonds is 5. The molecule has 1 aromatic rings. The van der Waals surface area contributed by atoms with Gasteiger partial charge in [-0.05, 0) is 24.5 Å². The first-order valence-corrected chi connectivity index (χ1v) is 5.65. The van der Waals surface area contributed by atoms with Crippen LogP contribution in [0.15, 0.2) is 17.3 Å². The molecule has 4 heteroatoms. The lowest BCUT2D eigenvalue weighted by atomic mass is 10.2. The zero-order valence-corrected chi connectivity index (χ0v) is 9.18. The van der Waals surface area contributed by atoms with Crippen LogP contribution >= 0.6 is 11.8 Å². The van der Waals surface area contributed by atoms with Crippen LogP contribution < -0.4 is 5.73 Å². The molecular weight excluding hydrogens is 196 g/mol. The summed E-state index contributed by atoms with van der Waals surface area (Å²) >= 11 is 1.68. The average molecular weight is 212 g/mol. The molecule has 0 saturated heterocycles. The number of nitrogens with two attached hydrogens (primary N) is 1. The van der Waals surface area contributed by atoms with Crippen LogP contribution in [0.1, 0.15) is 17.5 Å². The van der Waals surface area contributed by atoms with Crippen molar-refractivity contribution < 1.29 is 5.11 Å². The van der Waals surface area contributed by atoms with E-state index in [2.05, 4.69) is 11.1 Å². The molecule has 0 aliphatic carbocycles. The van der Waals surface area contributed by atoms with Crippen molar-refractivity contribution >= 4 is 11.8 Å². The van der Waals surface area contributed by atoms with Gasteiger partial charge in [-0.15, -0.1) is 11.8 Å². The van der Waals surface area contributed by atoms with Gasteiger partial charge in [-0.2, -0.15) is 0 Å². The molecule has 0 saturated carbocycles. The molecule has 0 bridgehead atoms. The Bertz CT molecular complexity index is 291. The Morgan fingerprint density at radius 1 is 1.57 bits per heavy atom. The van der Waals surface area contributed by atoms with Crippen molar-refractivity contribution in [2.24, 2.45) is 5.73 Å². The zero-order valence-electron chi connectivity index (χ0n) is 8.36. The fourth-order valence-corrected chi connectivity index (χ4v) is 2.00. The number of aromatic nitrogens is 1. The second kappa shape index (κ2) is 6.01. The Hall–Kier alpha value is -0.580. The summed E-state index contributed by atoms with van der Waals surface area (Å²) in [6.07, 6.45) is 2.62. The third kappa shape index (κ3) is 3.29. The first-order chi connectivity index (χ1) is 6.77. The van der Waals surface area contributed by atoms with Crippen molar-refractivity contribution in [1.29, 1.82) is 0 Å². The molecule has 78 valence electrons. The third-order valence-electron chi connectivity index (χ3n) is 1.86. The second-order valence-corrected chi connectivity index (χ2v) is 4.18. The van der Waals surface area contributed by atoms with Gasteiger partial charge >= 0.3 is 0 Å². The lowest BCUT2D eigenvalue weighted by molar-refractivity contribution is 0.296. The summed E-state index contributed by atoms with van der Waals surface area (Å²) in [6, 6.07) is 2.06. The highest BCUT2D eigenvalue weighted by Crippen LogP contribution is 2.20. The molecule has 0 unspecified atom stereocenters. The second-order valence-electron chi connectivity index (χ2n) is 3.10. The summed E-state index contributed by atoms with van der Waals surface area (Å²) in [5.41, 5.74) is 7.74. The lowest BCUT2D eigenvalue weighted by Gasteiger charge is -2.05. The molecule has 3 nitrogen and oxygen atoms in total. The van der Waals surface area contributed by atoms with Gasteiger partial charge in [0, 0.05) is 25.1 Å². The third-order valence-corrected chi connectivity index (χ3v) is 3.06. The van der Waals surface area contributed by atoms with Crippen LogP contribution in [0, 0.1) is 6.92 Å². The van der Waals surface area contributed by atoms with E-state index in [1.165, 1.54) is 0 Å². The highest BCUT2D eigenvalue weighted by molar-refractivity contribution is 7.99. The summed E-state index contributed by atoms with van der Waals surface area (Å²) in [4.78, 5) is 4.32. The molecule has 0 aliphatic rings. The minimum absolute atomic E-state index is 0.243. The van der Waals surface area contributed by atoms with E-state index in [-0.39, 0.29) is 6.61 Å². The Morgan fingerprint density at radius 2 is 2.36 bits per heavy atom. The van der Waals surface area contributed by atoms with E-state index < -0.39 is 0 Å². The number of hydrogen-bond acceptors (Lipinski definition) is 4. The van der Waals surface area contributed by atoms with Gasteiger partial charge in [-0.25, -0.2) is 4.98 Å². The predicted octanol–water partition coefficient (Wildman–Crippen LogP) is 1.32. The Balaban J connectivity index is 2.59. The molecule has 14 heavy (non-hydrogen) atoms. The van der Waals surface area contributed by atoms with Gasteiger partial charge in [0.05, 0.1) is 5.03 Å². The number of hydrogen-bond donors (Lipinski definition) is 2. The van der Waals surface area contributed by atoms with Crippen LogP contribution in [0.2, 0.25) is 0 Å². The quantitative estimate of drug-likeness (QED) is 0.571. The van der Waals surface area contributed by atoms with E-state index in [1.54, 1.807) is 11.8 Å². The summed E-state index contributed by atoms with van der Waals surface area (Å²) < 4.78 is 0. The summed E-state index contributed by atoms with van der Waals surface area (Å²) in [6.45, 7) is 2.82. The van der Waals surface area contributed by atoms with Gasteiger partial charge in [0.1, 0.15) is 0 Å². The first-order valence-electron chi connectivity index (χ1n) is 4.67. The minimum atomic E-state index is 0.243.